The Morgan fingerprint density at radius 2 is 2.14 bits per heavy atom. The fourth-order valence-electron chi connectivity index (χ4n) is 0.651. The first kappa shape index (κ1) is 12.6. The molecule has 1 heterocycles. The first-order chi connectivity index (χ1) is 6.70. The maximum absolute atomic E-state index is 11.0. The minimum atomic E-state index is -1.04. The zero-order chi connectivity index (χ0) is 11.0. The lowest BCUT2D eigenvalue weighted by molar-refractivity contribution is -0.135. The van der Waals surface area contributed by atoms with Gasteiger partial charge in [-0.05, 0) is 11.4 Å². The molecular formula is C9H13NO3S. The van der Waals surface area contributed by atoms with E-state index in [1.165, 1.54) is 11.3 Å². The summed E-state index contributed by atoms with van der Waals surface area (Å²) in [5.41, 5.74) is 0. The van der Waals surface area contributed by atoms with Crippen LogP contribution in [0.2, 0.25) is 0 Å². The van der Waals surface area contributed by atoms with E-state index in [0.717, 1.165) is 0 Å². The van der Waals surface area contributed by atoms with Gasteiger partial charge in [-0.2, -0.15) is 0 Å². The predicted octanol–water partition coefficient (Wildman–Crippen LogP) is 1.59. The van der Waals surface area contributed by atoms with Crippen molar-refractivity contribution in [2.75, 3.05) is 6.54 Å². The molecule has 0 aliphatic rings. The number of rotatable bonds is 3. The molecule has 1 rings (SSSR count). The molecule has 0 aromatic carbocycles. The van der Waals surface area contributed by atoms with Crippen molar-refractivity contribution in [3.05, 3.63) is 22.4 Å². The Hall–Kier alpha value is -1.36. The van der Waals surface area contributed by atoms with Crippen LogP contribution in [0, 0.1) is 0 Å². The number of hydrogen-bond acceptors (Lipinski definition) is 3. The van der Waals surface area contributed by atoms with Gasteiger partial charge >= 0.3 is 5.97 Å². The summed E-state index contributed by atoms with van der Waals surface area (Å²) in [7, 11) is 0. The number of hydrogen-bond donors (Lipinski definition) is 2. The fourth-order valence-corrected chi connectivity index (χ4v) is 1.29. The summed E-state index contributed by atoms with van der Waals surface area (Å²) in [6.45, 7) is 3.66. The van der Waals surface area contributed by atoms with Gasteiger partial charge in [0.15, 0.2) is 0 Å². The van der Waals surface area contributed by atoms with E-state index in [2.05, 4.69) is 5.32 Å². The van der Waals surface area contributed by atoms with Gasteiger partial charge in [0.05, 0.1) is 4.88 Å². The van der Waals surface area contributed by atoms with Crippen molar-refractivity contribution < 1.29 is 14.7 Å². The van der Waals surface area contributed by atoms with E-state index in [4.69, 9.17) is 5.11 Å². The molecule has 4 nitrogen and oxygen atoms in total. The van der Waals surface area contributed by atoms with Crippen LogP contribution in [0.15, 0.2) is 17.5 Å². The van der Waals surface area contributed by atoms with Gasteiger partial charge in [0.1, 0.15) is 6.54 Å². The van der Waals surface area contributed by atoms with Gasteiger partial charge in [0.2, 0.25) is 0 Å². The molecule has 1 amide bonds. The molecule has 0 radical (unpaired) electrons. The van der Waals surface area contributed by atoms with Crippen LogP contribution in [0.25, 0.3) is 0 Å². The van der Waals surface area contributed by atoms with E-state index in [-0.39, 0.29) is 12.5 Å². The molecule has 0 aliphatic heterocycles. The lowest BCUT2D eigenvalue weighted by atomic mass is 10.4. The smallest absolute Gasteiger partial charge is 0.322 e. The van der Waals surface area contributed by atoms with Gasteiger partial charge in [-0.3, -0.25) is 9.59 Å². The van der Waals surface area contributed by atoms with Crippen molar-refractivity contribution in [1.29, 1.82) is 0 Å². The Labute approximate surface area is 86.6 Å². The molecule has 1 aromatic heterocycles. The zero-order valence-electron chi connectivity index (χ0n) is 8.11. The molecule has 0 saturated heterocycles. The Morgan fingerprint density at radius 3 is 2.57 bits per heavy atom. The number of carbonyl (C=O) groups excluding carboxylic acids is 1. The van der Waals surface area contributed by atoms with Gasteiger partial charge in [0, 0.05) is 0 Å². The third-order valence-corrected chi connectivity index (χ3v) is 2.01. The van der Waals surface area contributed by atoms with E-state index in [9.17, 15) is 9.59 Å². The second-order valence-electron chi connectivity index (χ2n) is 2.05. The quantitative estimate of drug-likeness (QED) is 0.804. The number of nitrogens with one attached hydrogen (secondary N) is 1. The lowest BCUT2D eigenvalue weighted by Gasteiger charge is -1.97. The number of amides is 1. The Bertz CT molecular complexity index is 282. The van der Waals surface area contributed by atoms with Crippen molar-refractivity contribution >= 4 is 23.2 Å². The molecule has 0 aliphatic carbocycles. The van der Waals surface area contributed by atoms with Gasteiger partial charge < -0.3 is 10.4 Å². The van der Waals surface area contributed by atoms with Crippen LogP contribution < -0.4 is 5.32 Å². The molecule has 5 heteroatoms. The standard InChI is InChI=1S/C7H7NO3S.C2H6/c9-6(10)4-8-7(11)5-2-1-3-12-5;1-2/h1-3H,4H2,(H,8,11)(H,9,10);1-2H3. The zero-order valence-corrected chi connectivity index (χ0v) is 8.93. The second-order valence-corrected chi connectivity index (χ2v) is 3.00. The van der Waals surface area contributed by atoms with Crippen molar-refractivity contribution in [3.8, 4) is 0 Å². The Morgan fingerprint density at radius 1 is 1.50 bits per heavy atom. The second kappa shape index (κ2) is 7.08. The van der Waals surface area contributed by atoms with E-state index < -0.39 is 5.97 Å². The molecule has 0 atom stereocenters. The first-order valence-electron chi connectivity index (χ1n) is 4.23. The van der Waals surface area contributed by atoms with Gasteiger partial charge in [0.25, 0.3) is 5.91 Å². The number of carboxylic acids is 1. The molecular weight excluding hydrogens is 202 g/mol. The maximum atomic E-state index is 11.0. The predicted molar refractivity (Wildman–Crippen MR) is 55.6 cm³/mol. The van der Waals surface area contributed by atoms with E-state index in [1.54, 1.807) is 17.5 Å². The minimum Gasteiger partial charge on any atom is -0.480 e. The third-order valence-electron chi connectivity index (χ3n) is 1.15. The highest BCUT2D eigenvalue weighted by Gasteiger charge is 2.06. The summed E-state index contributed by atoms with van der Waals surface area (Å²) in [6, 6.07) is 3.38. The summed E-state index contributed by atoms with van der Waals surface area (Å²) in [4.78, 5) is 21.6. The summed E-state index contributed by atoms with van der Waals surface area (Å²) in [6.07, 6.45) is 0. The van der Waals surface area contributed by atoms with Crippen LogP contribution in [0.1, 0.15) is 23.5 Å². The summed E-state index contributed by atoms with van der Waals surface area (Å²) in [5.74, 6) is -1.38. The van der Waals surface area contributed by atoms with Crippen molar-refractivity contribution in [1.82, 2.24) is 5.32 Å². The number of thiophene rings is 1. The molecule has 0 saturated carbocycles. The minimum absolute atomic E-state index is 0.337. The van der Waals surface area contributed by atoms with Gasteiger partial charge in [-0.1, -0.05) is 19.9 Å². The number of carboxylic acid groups (broad SMARTS) is 1. The summed E-state index contributed by atoms with van der Waals surface area (Å²) >= 11 is 1.28. The van der Waals surface area contributed by atoms with Crippen molar-refractivity contribution in [2.45, 2.75) is 13.8 Å². The number of carbonyl (C=O) groups is 2. The third kappa shape index (κ3) is 4.61. The molecule has 0 unspecified atom stereocenters. The molecule has 1 aromatic rings. The normalized spacial score (nSPS) is 8.43. The largest absolute Gasteiger partial charge is 0.480 e. The Kier molecular flexibility index (Phi) is 6.39. The van der Waals surface area contributed by atoms with Crippen LogP contribution in [0.3, 0.4) is 0 Å². The van der Waals surface area contributed by atoms with E-state index in [0.29, 0.717) is 4.88 Å². The van der Waals surface area contributed by atoms with Crippen LogP contribution in [0.4, 0.5) is 0 Å². The highest BCUT2D eigenvalue weighted by atomic mass is 32.1. The number of aliphatic carboxylic acids is 1. The van der Waals surface area contributed by atoms with Gasteiger partial charge in [-0.15, -0.1) is 11.3 Å². The molecule has 0 bridgehead atoms. The van der Waals surface area contributed by atoms with E-state index in [1.807, 2.05) is 13.8 Å². The van der Waals surface area contributed by atoms with Crippen LogP contribution >= 0.6 is 11.3 Å². The van der Waals surface area contributed by atoms with E-state index >= 15 is 0 Å². The molecule has 2 N–H and O–H groups in total. The van der Waals surface area contributed by atoms with Crippen LogP contribution in [0.5, 0.6) is 0 Å². The maximum Gasteiger partial charge on any atom is 0.322 e. The summed E-state index contributed by atoms with van der Waals surface area (Å²) in [5, 5.41) is 12.3. The van der Waals surface area contributed by atoms with Crippen molar-refractivity contribution in [3.63, 3.8) is 0 Å². The first-order valence-corrected chi connectivity index (χ1v) is 5.11. The molecule has 0 fully saturated rings. The topological polar surface area (TPSA) is 66.4 Å². The summed E-state index contributed by atoms with van der Waals surface area (Å²) < 4.78 is 0. The average Bonchev–Trinajstić information content (AvgIpc) is 2.70. The van der Waals surface area contributed by atoms with Gasteiger partial charge in [-0.25, -0.2) is 0 Å². The monoisotopic (exact) mass is 215 g/mol. The molecule has 0 spiro atoms. The fraction of sp³-hybridized carbons (Fsp3) is 0.333. The van der Waals surface area contributed by atoms with Crippen LogP contribution in [-0.2, 0) is 4.79 Å². The highest BCUT2D eigenvalue weighted by molar-refractivity contribution is 7.12. The lowest BCUT2D eigenvalue weighted by Crippen LogP contribution is -2.28. The van der Waals surface area contributed by atoms with Crippen molar-refractivity contribution in [2.24, 2.45) is 0 Å². The molecule has 14 heavy (non-hydrogen) atoms. The Balaban J connectivity index is 0.000000791. The van der Waals surface area contributed by atoms with Crippen LogP contribution in [-0.4, -0.2) is 23.5 Å². The SMILES string of the molecule is CC.O=C(O)CNC(=O)c1cccs1. The average molecular weight is 215 g/mol. The molecule has 78 valence electrons. The highest BCUT2D eigenvalue weighted by Crippen LogP contribution is 2.07.